The van der Waals surface area contributed by atoms with Gasteiger partial charge in [0.2, 0.25) is 5.78 Å². The number of alkyl carbamates (subject to hydrolysis) is 1. The molecule has 1 aromatic heterocycles. The number of Topliss-reactive ketones (excluding diaryl/α,β-unsaturated/α-hetero) is 1. The molecular weight excluding hydrogens is 348 g/mol. The summed E-state index contributed by atoms with van der Waals surface area (Å²) >= 11 is 1.32. The fourth-order valence-electron chi connectivity index (χ4n) is 2.50. The van der Waals surface area contributed by atoms with Gasteiger partial charge in [0.05, 0.1) is 10.2 Å². The van der Waals surface area contributed by atoms with Gasteiger partial charge in [-0.1, -0.05) is 55.1 Å². The van der Waals surface area contributed by atoms with Crippen LogP contribution in [0, 0.1) is 0 Å². The zero-order valence-corrected chi connectivity index (χ0v) is 14.9. The molecule has 3 rings (SSSR count). The first-order valence-corrected chi connectivity index (χ1v) is 8.97. The number of nitrogens with one attached hydrogen (secondary N) is 1. The summed E-state index contributed by atoms with van der Waals surface area (Å²) in [5.74, 6) is -0.231. The van der Waals surface area contributed by atoms with Crippen LogP contribution in [0.3, 0.4) is 0 Å². The summed E-state index contributed by atoms with van der Waals surface area (Å²) in [5, 5.41) is 3.02. The third-order valence-electron chi connectivity index (χ3n) is 3.73. The highest BCUT2D eigenvalue weighted by molar-refractivity contribution is 7.20. The van der Waals surface area contributed by atoms with E-state index in [4.69, 9.17) is 4.74 Å². The highest BCUT2D eigenvalue weighted by atomic mass is 32.1. The van der Waals surface area contributed by atoms with Crippen LogP contribution in [0.2, 0.25) is 0 Å². The third-order valence-corrected chi connectivity index (χ3v) is 4.78. The molecule has 0 saturated carbocycles. The number of fused-ring (bicyclic) bond motifs is 1. The summed E-state index contributed by atoms with van der Waals surface area (Å²) in [7, 11) is 0. The van der Waals surface area contributed by atoms with Crippen molar-refractivity contribution in [1.29, 1.82) is 0 Å². The Balaban J connectivity index is 1.83. The Morgan fingerprint density at radius 3 is 2.62 bits per heavy atom. The van der Waals surface area contributed by atoms with Crippen molar-refractivity contribution in [1.82, 2.24) is 10.3 Å². The number of hydrogen-bond acceptors (Lipinski definition) is 5. The van der Waals surface area contributed by atoms with Crippen LogP contribution < -0.4 is 5.32 Å². The molecule has 1 N–H and O–H groups in total. The number of aromatic nitrogens is 1. The second-order valence-electron chi connectivity index (χ2n) is 5.62. The number of hydrogen-bond donors (Lipinski definition) is 1. The van der Waals surface area contributed by atoms with Gasteiger partial charge in [-0.25, -0.2) is 9.78 Å². The van der Waals surface area contributed by atoms with Crippen LogP contribution in [0.25, 0.3) is 10.2 Å². The topological polar surface area (TPSA) is 68.3 Å². The number of carbonyl (C=O) groups is 2. The van der Waals surface area contributed by atoms with Gasteiger partial charge in [-0.3, -0.25) is 4.79 Å². The second-order valence-corrected chi connectivity index (χ2v) is 6.66. The van der Waals surface area contributed by atoms with E-state index < -0.39 is 12.1 Å². The molecule has 0 fully saturated rings. The number of benzene rings is 2. The minimum Gasteiger partial charge on any atom is -0.445 e. The molecule has 0 aliphatic rings. The van der Waals surface area contributed by atoms with E-state index in [1.54, 1.807) is 0 Å². The van der Waals surface area contributed by atoms with Gasteiger partial charge in [0, 0.05) is 6.42 Å². The second kappa shape index (κ2) is 8.40. The first-order valence-electron chi connectivity index (χ1n) is 8.15. The van der Waals surface area contributed by atoms with Crippen LogP contribution in [-0.2, 0) is 11.2 Å². The summed E-state index contributed by atoms with van der Waals surface area (Å²) < 4.78 is 5.90. The average Bonchev–Trinajstić information content (AvgIpc) is 3.10. The molecule has 2 aromatic carbocycles. The molecule has 0 radical (unpaired) electrons. The molecule has 1 atom stereocenters. The SMILES string of the molecule is C=CCOC(=O)N[C@@H](Cc1ccccc1)C(=O)c1nc2ccccc2s1. The van der Waals surface area contributed by atoms with E-state index in [0.29, 0.717) is 11.4 Å². The third kappa shape index (κ3) is 4.34. The molecule has 1 heterocycles. The molecule has 0 aliphatic heterocycles. The van der Waals surface area contributed by atoms with E-state index in [2.05, 4.69) is 16.9 Å². The quantitative estimate of drug-likeness (QED) is 0.507. The maximum atomic E-state index is 13.0. The van der Waals surface area contributed by atoms with Crippen LogP contribution in [0.5, 0.6) is 0 Å². The van der Waals surface area contributed by atoms with Crippen molar-refractivity contribution in [3.05, 3.63) is 77.8 Å². The highest BCUT2D eigenvalue weighted by Crippen LogP contribution is 2.23. The predicted octanol–water partition coefficient (Wildman–Crippen LogP) is 4.00. The maximum absolute atomic E-state index is 13.0. The van der Waals surface area contributed by atoms with Gasteiger partial charge in [0.15, 0.2) is 5.01 Å². The van der Waals surface area contributed by atoms with E-state index in [9.17, 15) is 9.59 Å². The largest absolute Gasteiger partial charge is 0.445 e. The molecule has 0 unspecified atom stereocenters. The number of carbonyl (C=O) groups excluding carboxylic acids is 2. The molecule has 0 saturated heterocycles. The number of amides is 1. The van der Waals surface area contributed by atoms with Crippen molar-refractivity contribution >= 4 is 33.4 Å². The van der Waals surface area contributed by atoms with Crippen LogP contribution in [0.1, 0.15) is 15.4 Å². The minimum absolute atomic E-state index is 0.0826. The zero-order chi connectivity index (χ0) is 18.4. The first kappa shape index (κ1) is 17.8. The fraction of sp³-hybridized carbons (Fsp3) is 0.150. The Morgan fingerprint density at radius 1 is 1.15 bits per heavy atom. The number of rotatable bonds is 7. The predicted molar refractivity (Wildman–Crippen MR) is 103 cm³/mol. The number of thiazole rings is 1. The van der Waals surface area contributed by atoms with Crippen LogP contribution in [-0.4, -0.2) is 29.5 Å². The Labute approximate surface area is 155 Å². The van der Waals surface area contributed by atoms with Gasteiger partial charge >= 0.3 is 6.09 Å². The van der Waals surface area contributed by atoms with Gasteiger partial charge in [0.1, 0.15) is 12.6 Å². The average molecular weight is 366 g/mol. The van der Waals surface area contributed by atoms with Gasteiger partial charge < -0.3 is 10.1 Å². The highest BCUT2D eigenvalue weighted by Gasteiger charge is 2.26. The van der Waals surface area contributed by atoms with E-state index >= 15 is 0 Å². The molecule has 132 valence electrons. The lowest BCUT2D eigenvalue weighted by Gasteiger charge is -2.16. The number of nitrogens with zero attached hydrogens (tertiary/aromatic N) is 1. The summed E-state index contributed by atoms with van der Waals surface area (Å²) in [6, 6.07) is 16.3. The van der Waals surface area contributed by atoms with E-state index in [-0.39, 0.29) is 12.4 Å². The molecule has 3 aromatic rings. The summed E-state index contributed by atoms with van der Waals surface area (Å²) in [5.41, 5.74) is 1.71. The maximum Gasteiger partial charge on any atom is 0.408 e. The molecular formula is C20H18N2O3S. The van der Waals surface area contributed by atoms with Crippen LogP contribution in [0.15, 0.2) is 67.3 Å². The minimum atomic E-state index is -0.754. The fourth-order valence-corrected chi connectivity index (χ4v) is 3.46. The Morgan fingerprint density at radius 2 is 1.88 bits per heavy atom. The van der Waals surface area contributed by atoms with E-state index in [1.165, 1.54) is 17.4 Å². The van der Waals surface area contributed by atoms with Gasteiger partial charge in [-0.15, -0.1) is 11.3 Å². The number of ketones is 1. The molecule has 0 spiro atoms. The normalized spacial score (nSPS) is 11.7. The Bertz CT molecular complexity index is 888. The molecule has 0 aliphatic carbocycles. The Kier molecular flexibility index (Phi) is 5.76. The van der Waals surface area contributed by atoms with Gasteiger partial charge in [-0.2, -0.15) is 0 Å². The molecule has 1 amide bonds. The lowest BCUT2D eigenvalue weighted by atomic mass is 10.0. The summed E-state index contributed by atoms with van der Waals surface area (Å²) in [6.45, 7) is 3.59. The van der Waals surface area contributed by atoms with E-state index in [0.717, 1.165) is 15.8 Å². The van der Waals surface area contributed by atoms with Gasteiger partial charge in [-0.05, 0) is 17.7 Å². The van der Waals surface area contributed by atoms with Crippen molar-refractivity contribution in [3.8, 4) is 0 Å². The first-order chi connectivity index (χ1) is 12.7. The van der Waals surface area contributed by atoms with Crippen molar-refractivity contribution < 1.29 is 14.3 Å². The standard InChI is InChI=1S/C20H18N2O3S/c1-2-12-25-20(24)22-16(13-14-8-4-3-5-9-14)18(23)19-21-15-10-6-7-11-17(15)26-19/h2-11,16H,1,12-13H2,(H,22,24)/t16-/m0/s1. The summed E-state index contributed by atoms with van der Waals surface area (Å²) in [6.07, 6.45) is 1.18. The van der Waals surface area contributed by atoms with Crippen LogP contribution in [0.4, 0.5) is 4.79 Å². The number of ether oxygens (including phenoxy) is 1. The van der Waals surface area contributed by atoms with Crippen molar-refractivity contribution in [3.63, 3.8) is 0 Å². The molecule has 26 heavy (non-hydrogen) atoms. The molecule has 6 heteroatoms. The monoisotopic (exact) mass is 366 g/mol. The smallest absolute Gasteiger partial charge is 0.408 e. The molecule has 0 bridgehead atoms. The van der Waals surface area contributed by atoms with Crippen molar-refractivity contribution in [2.24, 2.45) is 0 Å². The lowest BCUT2D eigenvalue weighted by Crippen LogP contribution is -2.42. The number of para-hydroxylation sites is 1. The Hall–Kier alpha value is -2.99. The zero-order valence-electron chi connectivity index (χ0n) is 14.1. The van der Waals surface area contributed by atoms with Crippen LogP contribution >= 0.6 is 11.3 Å². The van der Waals surface area contributed by atoms with Crippen molar-refractivity contribution in [2.75, 3.05) is 6.61 Å². The van der Waals surface area contributed by atoms with E-state index in [1.807, 2.05) is 54.6 Å². The van der Waals surface area contributed by atoms with Crippen molar-refractivity contribution in [2.45, 2.75) is 12.5 Å². The van der Waals surface area contributed by atoms with Gasteiger partial charge in [0.25, 0.3) is 0 Å². The summed E-state index contributed by atoms with van der Waals surface area (Å²) in [4.78, 5) is 29.4. The lowest BCUT2D eigenvalue weighted by molar-refractivity contribution is 0.0926. The molecule has 5 nitrogen and oxygen atoms in total.